The van der Waals surface area contributed by atoms with Gasteiger partial charge < -0.3 is 20.4 Å². The third-order valence-electron chi connectivity index (χ3n) is 5.97. The van der Waals surface area contributed by atoms with Crippen LogP contribution in [0.3, 0.4) is 0 Å². The number of aromatic nitrogens is 3. The Kier molecular flexibility index (Phi) is 9.05. The molecule has 0 unspecified atom stereocenters. The molecule has 4 aromatic rings. The smallest absolute Gasteiger partial charge is 0.412 e. The standard InChI is InChI=1S/C27H25Cl2F3N6O3/c1-37(2)9-8-33-26-34-14-16-12-19(25(40)38(41-3)24(16)36-26)18-13-17(5-7-21(18)28)35-23(39)11-15-4-6-22(29)20(10-15)27(30,31)32/h4-7,10,12-14H,8-9,11H2,1-3H3,(H,35,39)(H,33,34,36). The average molecular weight is 609 g/mol. The fraction of sp³-hybridized carbons (Fsp3) is 0.259. The van der Waals surface area contributed by atoms with Crippen molar-refractivity contribution in [3.63, 3.8) is 0 Å². The molecular weight excluding hydrogens is 584 g/mol. The lowest BCUT2D eigenvalue weighted by atomic mass is 10.0. The van der Waals surface area contributed by atoms with Gasteiger partial charge in [0, 0.05) is 40.9 Å². The van der Waals surface area contributed by atoms with Crippen molar-refractivity contribution in [1.29, 1.82) is 0 Å². The van der Waals surface area contributed by atoms with Crippen LogP contribution >= 0.6 is 23.2 Å². The average Bonchev–Trinajstić information content (AvgIpc) is 2.90. The molecule has 0 radical (unpaired) electrons. The molecule has 0 aliphatic heterocycles. The predicted octanol–water partition coefficient (Wildman–Crippen LogP) is 5.00. The van der Waals surface area contributed by atoms with Crippen LogP contribution < -0.4 is 21.0 Å². The van der Waals surface area contributed by atoms with Crippen LogP contribution in [0.1, 0.15) is 11.1 Å². The Morgan fingerprint density at radius 1 is 1.07 bits per heavy atom. The van der Waals surface area contributed by atoms with Crippen LogP contribution in [0, 0.1) is 0 Å². The molecule has 0 saturated heterocycles. The number of hydrogen-bond acceptors (Lipinski definition) is 7. The van der Waals surface area contributed by atoms with Gasteiger partial charge in [0.1, 0.15) is 7.11 Å². The van der Waals surface area contributed by atoms with E-state index in [9.17, 15) is 22.8 Å². The first-order valence-electron chi connectivity index (χ1n) is 12.2. The van der Waals surface area contributed by atoms with Crippen molar-refractivity contribution >= 4 is 51.8 Å². The first kappa shape index (κ1) is 30.1. The molecule has 216 valence electrons. The topological polar surface area (TPSA) is 101 Å². The van der Waals surface area contributed by atoms with Crippen LogP contribution in [0.25, 0.3) is 22.2 Å². The fourth-order valence-corrected chi connectivity index (χ4v) is 4.45. The lowest BCUT2D eigenvalue weighted by Gasteiger charge is -2.14. The minimum Gasteiger partial charge on any atom is -0.412 e. The molecule has 9 nitrogen and oxygen atoms in total. The third kappa shape index (κ3) is 7.07. The number of rotatable bonds is 9. The Balaban J connectivity index is 1.62. The molecule has 0 aliphatic rings. The molecular formula is C27H25Cl2F3N6O3. The number of anilines is 2. The highest BCUT2D eigenvalue weighted by molar-refractivity contribution is 6.33. The molecule has 2 aromatic carbocycles. The van der Waals surface area contributed by atoms with E-state index >= 15 is 0 Å². The van der Waals surface area contributed by atoms with Gasteiger partial charge in [-0.05, 0) is 56.1 Å². The summed E-state index contributed by atoms with van der Waals surface area (Å²) < 4.78 is 40.6. The van der Waals surface area contributed by atoms with Gasteiger partial charge in [-0.15, -0.1) is 4.73 Å². The minimum absolute atomic E-state index is 0.126. The van der Waals surface area contributed by atoms with Crippen LogP contribution in [0.2, 0.25) is 10.0 Å². The summed E-state index contributed by atoms with van der Waals surface area (Å²) in [5, 5.41) is 5.98. The fourth-order valence-electron chi connectivity index (χ4n) is 4.01. The second-order valence-corrected chi connectivity index (χ2v) is 10.1. The number of hydrogen-bond donors (Lipinski definition) is 2. The number of benzene rings is 2. The van der Waals surface area contributed by atoms with E-state index in [1.54, 1.807) is 12.3 Å². The van der Waals surface area contributed by atoms with E-state index < -0.39 is 28.2 Å². The second kappa shape index (κ2) is 12.3. The Morgan fingerprint density at radius 3 is 2.49 bits per heavy atom. The number of alkyl halides is 3. The number of likely N-dealkylation sites (N-methyl/N-ethyl adjacent to an activating group) is 1. The lowest BCUT2D eigenvalue weighted by molar-refractivity contribution is -0.137. The number of carbonyl (C=O) groups is 1. The lowest BCUT2D eigenvalue weighted by Crippen LogP contribution is -2.28. The summed E-state index contributed by atoms with van der Waals surface area (Å²) in [6.07, 6.45) is -3.45. The Morgan fingerprint density at radius 2 is 1.80 bits per heavy atom. The maximum absolute atomic E-state index is 13.4. The summed E-state index contributed by atoms with van der Waals surface area (Å²) in [7, 11) is 5.20. The van der Waals surface area contributed by atoms with E-state index in [1.165, 1.54) is 31.4 Å². The predicted molar refractivity (Wildman–Crippen MR) is 153 cm³/mol. The van der Waals surface area contributed by atoms with Gasteiger partial charge in [-0.1, -0.05) is 29.3 Å². The first-order chi connectivity index (χ1) is 19.4. The molecule has 4 rings (SSSR count). The van der Waals surface area contributed by atoms with Gasteiger partial charge in [-0.25, -0.2) is 4.98 Å². The summed E-state index contributed by atoms with van der Waals surface area (Å²) in [5.74, 6) is -0.257. The van der Waals surface area contributed by atoms with Crippen molar-refractivity contribution in [2.45, 2.75) is 12.6 Å². The third-order valence-corrected chi connectivity index (χ3v) is 6.63. The zero-order chi connectivity index (χ0) is 29.9. The van der Waals surface area contributed by atoms with E-state index in [-0.39, 0.29) is 33.9 Å². The van der Waals surface area contributed by atoms with Gasteiger partial charge in [0.2, 0.25) is 11.9 Å². The number of halogens is 5. The Labute approximate surface area is 242 Å². The van der Waals surface area contributed by atoms with E-state index in [1.807, 2.05) is 19.0 Å². The number of nitrogens with one attached hydrogen (secondary N) is 2. The van der Waals surface area contributed by atoms with Gasteiger partial charge in [0.25, 0.3) is 5.56 Å². The summed E-state index contributed by atoms with van der Waals surface area (Å²) >= 11 is 12.1. The van der Waals surface area contributed by atoms with Crippen LogP contribution in [0.15, 0.2) is 53.5 Å². The van der Waals surface area contributed by atoms with Crippen molar-refractivity contribution in [2.24, 2.45) is 0 Å². The monoisotopic (exact) mass is 608 g/mol. The van der Waals surface area contributed by atoms with E-state index in [0.717, 1.165) is 23.4 Å². The maximum Gasteiger partial charge on any atom is 0.417 e. The second-order valence-electron chi connectivity index (χ2n) is 9.27. The van der Waals surface area contributed by atoms with Crippen molar-refractivity contribution in [1.82, 2.24) is 19.6 Å². The summed E-state index contributed by atoms with van der Waals surface area (Å²) in [4.78, 5) is 42.1. The molecule has 0 atom stereocenters. The highest BCUT2D eigenvalue weighted by Gasteiger charge is 2.33. The van der Waals surface area contributed by atoms with Gasteiger partial charge in [0.05, 0.1) is 22.6 Å². The highest BCUT2D eigenvalue weighted by atomic mass is 35.5. The van der Waals surface area contributed by atoms with Crippen molar-refractivity contribution in [2.75, 3.05) is 44.9 Å². The first-order valence-corrected chi connectivity index (χ1v) is 12.9. The highest BCUT2D eigenvalue weighted by Crippen LogP contribution is 2.35. The number of pyridine rings is 1. The zero-order valence-electron chi connectivity index (χ0n) is 22.1. The van der Waals surface area contributed by atoms with Gasteiger partial charge in [-0.2, -0.15) is 18.2 Å². The number of amides is 1. The largest absolute Gasteiger partial charge is 0.417 e. The van der Waals surface area contributed by atoms with Crippen LogP contribution in [0.5, 0.6) is 0 Å². The van der Waals surface area contributed by atoms with E-state index in [2.05, 4.69) is 20.6 Å². The summed E-state index contributed by atoms with van der Waals surface area (Å²) in [5.41, 5.74) is -0.480. The van der Waals surface area contributed by atoms with Crippen LogP contribution in [0.4, 0.5) is 24.8 Å². The minimum atomic E-state index is -4.65. The number of nitrogens with zero attached hydrogens (tertiary/aromatic N) is 4. The quantitative estimate of drug-likeness (QED) is 0.276. The normalized spacial score (nSPS) is 11.6. The van der Waals surface area contributed by atoms with Crippen LogP contribution in [-0.4, -0.2) is 59.8 Å². The van der Waals surface area contributed by atoms with Crippen LogP contribution in [-0.2, 0) is 17.4 Å². The maximum atomic E-state index is 13.4. The molecule has 0 saturated carbocycles. The molecule has 1 amide bonds. The zero-order valence-corrected chi connectivity index (χ0v) is 23.7. The molecule has 0 fully saturated rings. The molecule has 0 aliphatic carbocycles. The van der Waals surface area contributed by atoms with Gasteiger partial charge >= 0.3 is 6.18 Å². The number of carbonyl (C=O) groups excluding carboxylic acids is 1. The number of fused-ring (bicyclic) bond motifs is 1. The molecule has 2 heterocycles. The van der Waals surface area contributed by atoms with Crippen molar-refractivity contribution in [3.05, 3.63) is 80.2 Å². The SMILES string of the molecule is COn1c(=O)c(-c2cc(NC(=O)Cc3ccc(Cl)c(C(F)(F)F)c3)ccc2Cl)cc2cnc(NCCN(C)C)nc21. The van der Waals surface area contributed by atoms with Gasteiger partial charge in [-0.3, -0.25) is 9.59 Å². The van der Waals surface area contributed by atoms with E-state index in [0.29, 0.717) is 23.4 Å². The Bertz CT molecular complexity index is 1660. The molecule has 0 spiro atoms. The molecule has 2 N–H and O–H groups in total. The molecule has 14 heteroatoms. The van der Waals surface area contributed by atoms with Crippen molar-refractivity contribution < 1.29 is 22.8 Å². The summed E-state index contributed by atoms with van der Waals surface area (Å²) in [6.45, 7) is 1.33. The molecule has 2 aromatic heterocycles. The van der Waals surface area contributed by atoms with Gasteiger partial charge in [0.15, 0.2) is 5.65 Å². The Hall–Kier alpha value is -3.87. The molecule has 0 bridgehead atoms. The molecule has 41 heavy (non-hydrogen) atoms. The van der Waals surface area contributed by atoms with Crippen molar-refractivity contribution in [3.8, 4) is 11.1 Å². The summed E-state index contributed by atoms with van der Waals surface area (Å²) in [6, 6.07) is 9.34. The van der Waals surface area contributed by atoms with E-state index in [4.69, 9.17) is 28.0 Å².